The van der Waals surface area contributed by atoms with Gasteiger partial charge in [-0.3, -0.25) is 0 Å². The van der Waals surface area contributed by atoms with Gasteiger partial charge in [0.25, 0.3) is 0 Å². The van der Waals surface area contributed by atoms with Crippen LogP contribution in [0.3, 0.4) is 0 Å². The maximum Gasteiger partial charge on any atom is 0.152 e. The highest BCUT2D eigenvalue weighted by Gasteiger charge is 2.38. The molecule has 1 unspecified atom stereocenters. The van der Waals surface area contributed by atoms with Crippen LogP contribution in [-0.2, 0) is 0 Å². The Balaban J connectivity index is 2.01. The van der Waals surface area contributed by atoms with Crippen LogP contribution < -0.4 is 0 Å². The molecule has 0 amide bonds. The van der Waals surface area contributed by atoms with Crippen molar-refractivity contribution in [2.24, 2.45) is 5.41 Å². The lowest BCUT2D eigenvalue weighted by Gasteiger charge is -2.28. The predicted octanol–water partition coefficient (Wildman–Crippen LogP) is 4.70. The molecule has 3 rings (SSSR count). The third-order valence-electron chi connectivity index (χ3n) is 4.19. The van der Waals surface area contributed by atoms with Gasteiger partial charge in [0.2, 0.25) is 0 Å². The maximum absolute atomic E-state index is 10.5. The number of hydrogen-bond donors (Lipinski definition) is 1. The Bertz CT molecular complexity index is 567. The number of para-hydroxylation sites is 1. The monoisotopic (exact) mass is 264 g/mol. The normalized spacial score (nSPS) is 20.4. The van der Waals surface area contributed by atoms with Gasteiger partial charge >= 0.3 is 0 Å². The molecule has 3 heteroatoms. The standard InChI is InChI=1S/C15H17ClO2/c1-15(7-2-3-8-15)14(17)12-9-10-5-4-6-11(16)13(10)18-12/h4-6,9,14,17H,2-3,7-8H2,1H3. The molecular weight excluding hydrogens is 248 g/mol. The van der Waals surface area contributed by atoms with Crippen LogP contribution in [0.25, 0.3) is 11.0 Å². The number of halogens is 1. The molecule has 0 saturated heterocycles. The lowest BCUT2D eigenvalue weighted by molar-refractivity contribution is 0.0246. The zero-order valence-electron chi connectivity index (χ0n) is 10.4. The fraction of sp³-hybridized carbons (Fsp3) is 0.467. The van der Waals surface area contributed by atoms with E-state index < -0.39 is 6.10 Å². The van der Waals surface area contributed by atoms with Gasteiger partial charge in [0.1, 0.15) is 11.9 Å². The number of rotatable bonds is 2. The van der Waals surface area contributed by atoms with Crippen LogP contribution in [-0.4, -0.2) is 5.11 Å². The molecule has 2 nitrogen and oxygen atoms in total. The van der Waals surface area contributed by atoms with E-state index >= 15 is 0 Å². The van der Waals surface area contributed by atoms with Gasteiger partial charge in [-0.1, -0.05) is 43.5 Å². The van der Waals surface area contributed by atoms with E-state index in [0.29, 0.717) is 16.4 Å². The van der Waals surface area contributed by atoms with E-state index in [1.54, 1.807) is 6.07 Å². The van der Waals surface area contributed by atoms with Crippen molar-refractivity contribution in [1.29, 1.82) is 0 Å². The van der Waals surface area contributed by atoms with Gasteiger partial charge in [-0.25, -0.2) is 0 Å². The third-order valence-corrected chi connectivity index (χ3v) is 4.49. The molecule has 0 bridgehead atoms. The lowest BCUT2D eigenvalue weighted by Crippen LogP contribution is -2.21. The molecule has 1 heterocycles. The second-order valence-electron chi connectivity index (χ2n) is 5.57. The molecule has 1 aromatic heterocycles. The van der Waals surface area contributed by atoms with Gasteiger partial charge in [0.05, 0.1) is 5.02 Å². The van der Waals surface area contributed by atoms with E-state index in [9.17, 15) is 5.11 Å². The molecule has 0 aliphatic heterocycles. The molecule has 0 radical (unpaired) electrons. The summed E-state index contributed by atoms with van der Waals surface area (Å²) < 4.78 is 5.76. The Hall–Kier alpha value is -0.990. The Morgan fingerprint density at radius 2 is 2.06 bits per heavy atom. The van der Waals surface area contributed by atoms with Crippen LogP contribution >= 0.6 is 11.6 Å². The second-order valence-corrected chi connectivity index (χ2v) is 5.98. The first kappa shape index (κ1) is 12.1. The largest absolute Gasteiger partial charge is 0.457 e. The highest BCUT2D eigenvalue weighted by Crippen LogP contribution is 2.48. The molecule has 1 fully saturated rings. The van der Waals surface area contributed by atoms with Crippen LogP contribution in [0, 0.1) is 5.41 Å². The van der Waals surface area contributed by atoms with Gasteiger partial charge in [-0.05, 0) is 25.0 Å². The highest BCUT2D eigenvalue weighted by atomic mass is 35.5. The Morgan fingerprint density at radius 3 is 2.72 bits per heavy atom. The molecule has 1 saturated carbocycles. The van der Waals surface area contributed by atoms with Crippen molar-refractivity contribution in [2.75, 3.05) is 0 Å². The Labute approximate surface area is 112 Å². The third kappa shape index (κ3) is 1.84. The van der Waals surface area contributed by atoms with Gasteiger partial charge in [-0.15, -0.1) is 0 Å². The molecule has 1 atom stereocenters. The van der Waals surface area contributed by atoms with Crippen molar-refractivity contribution in [2.45, 2.75) is 38.7 Å². The topological polar surface area (TPSA) is 33.4 Å². The molecule has 1 aromatic carbocycles. The van der Waals surface area contributed by atoms with Crippen LogP contribution in [0.2, 0.25) is 5.02 Å². The Morgan fingerprint density at radius 1 is 1.33 bits per heavy atom. The van der Waals surface area contributed by atoms with E-state index in [-0.39, 0.29) is 5.41 Å². The van der Waals surface area contributed by atoms with Gasteiger partial charge < -0.3 is 9.52 Å². The number of furan rings is 1. The first-order valence-electron chi connectivity index (χ1n) is 6.46. The number of hydrogen-bond acceptors (Lipinski definition) is 2. The molecule has 1 aliphatic rings. The maximum atomic E-state index is 10.5. The van der Waals surface area contributed by atoms with Gasteiger partial charge in [-0.2, -0.15) is 0 Å². The van der Waals surface area contributed by atoms with Crippen LogP contribution in [0.1, 0.15) is 44.5 Å². The van der Waals surface area contributed by atoms with E-state index in [4.69, 9.17) is 16.0 Å². The van der Waals surface area contributed by atoms with Crippen molar-refractivity contribution in [3.8, 4) is 0 Å². The van der Waals surface area contributed by atoms with Crippen molar-refractivity contribution in [3.05, 3.63) is 35.0 Å². The first-order valence-corrected chi connectivity index (χ1v) is 6.84. The number of aliphatic hydroxyl groups is 1. The first-order chi connectivity index (χ1) is 8.60. The number of fused-ring (bicyclic) bond motifs is 1. The van der Waals surface area contributed by atoms with E-state index in [2.05, 4.69) is 6.92 Å². The summed E-state index contributed by atoms with van der Waals surface area (Å²) in [5.74, 6) is 0.641. The molecule has 1 N–H and O–H groups in total. The molecule has 96 valence electrons. The summed E-state index contributed by atoms with van der Waals surface area (Å²) in [5, 5.41) is 12.1. The van der Waals surface area contributed by atoms with E-state index in [1.807, 2.05) is 18.2 Å². The average molecular weight is 265 g/mol. The summed E-state index contributed by atoms with van der Waals surface area (Å²) in [6.07, 6.45) is 3.95. The summed E-state index contributed by atoms with van der Waals surface area (Å²) in [6.45, 7) is 2.14. The van der Waals surface area contributed by atoms with Crippen molar-refractivity contribution < 1.29 is 9.52 Å². The zero-order valence-corrected chi connectivity index (χ0v) is 11.2. The summed E-state index contributed by atoms with van der Waals surface area (Å²) in [4.78, 5) is 0. The van der Waals surface area contributed by atoms with Crippen molar-refractivity contribution in [3.63, 3.8) is 0 Å². The fourth-order valence-electron chi connectivity index (χ4n) is 2.98. The van der Waals surface area contributed by atoms with Gasteiger partial charge in [0.15, 0.2) is 5.58 Å². The quantitative estimate of drug-likeness (QED) is 0.853. The van der Waals surface area contributed by atoms with Crippen LogP contribution in [0.15, 0.2) is 28.7 Å². The van der Waals surface area contributed by atoms with Gasteiger partial charge in [0, 0.05) is 10.8 Å². The Kier molecular flexibility index (Phi) is 2.87. The minimum atomic E-state index is -0.538. The van der Waals surface area contributed by atoms with Crippen molar-refractivity contribution in [1.82, 2.24) is 0 Å². The zero-order chi connectivity index (χ0) is 12.8. The summed E-state index contributed by atoms with van der Waals surface area (Å²) >= 11 is 6.09. The van der Waals surface area contributed by atoms with E-state index in [0.717, 1.165) is 18.2 Å². The minimum absolute atomic E-state index is 0.0552. The SMILES string of the molecule is CC1(C(O)c2cc3cccc(Cl)c3o2)CCCC1. The number of benzene rings is 1. The predicted molar refractivity (Wildman–Crippen MR) is 72.8 cm³/mol. The van der Waals surface area contributed by atoms with Crippen molar-refractivity contribution >= 4 is 22.6 Å². The van der Waals surface area contributed by atoms with Crippen LogP contribution in [0.5, 0.6) is 0 Å². The molecule has 18 heavy (non-hydrogen) atoms. The summed E-state index contributed by atoms with van der Waals surface area (Å²) in [6, 6.07) is 7.57. The average Bonchev–Trinajstić information content (AvgIpc) is 2.96. The number of aliphatic hydroxyl groups excluding tert-OH is 1. The van der Waals surface area contributed by atoms with Crippen LogP contribution in [0.4, 0.5) is 0 Å². The van der Waals surface area contributed by atoms with E-state index in [1.165, 1.54) is 12.8 Å². The summed E-state index contributed by atoms with van der Waals surface area (Å²) in [7, 11) is 0. The summed E-state index contributed by atoms with van der Waals surface area (Å²) in [5.41, 5.74) is 0.621. The highest BCUT2D eigenvalue weighted by molar-refractivity contribution is 6.34. The molecule has 0 spiro atoms. The molecule has 1 aliphatic carbocycles. The lowest BCUT2D eigenvalue weighted by atomic mass is 9.81. The molecule has 2 aromatic rings. The fourth-order valence-corrected chi connectivity index (χ4v) is 3.20. The smallest absolute Gasteiger partial charge is 0.152 e. The second kappa shape index (κ2) is 4.29. The minimum Gasteiger partial charge on any atom is -0.457 e. The molecular formula is C15H17ClO2.